The number of hydrogen-bond acceptors (Lipinski definition) is 1. The van der Waals surface area contributed by atoms with Crippen LogP contribution in [0.1, 0.15) is 73.7 Å². The Labute approximate surface area is 116 Å². The maximum atomic E-state index is 12.5. The Morgan fingerprint density at radius 1 is 0.947 bits per heavy atom. The summed E-state index contributed by atoms with van der Waals surface area (Å²) in [6.07, 6.45) is 8.63. The van der Waals surface area contributed by atoms with E-state index in [-0.39, 0.29) is 5.92 Å². The van der Waals surface area contributed by atoms with Gasteiger partial charge in [-0.2, -0.15) is 0 Å². The standard InChI is InChI=1S/C18H24O/c1-13-5-7-16(8-6-13)18(19)17-11-9-15(10-12-17)14-3-2-4-14/h9-14,16H,2-8H2,1H3. The maximum absolute atomic E-state index is 12.5. The van der Waals surface area contributed by atoms with E-state index in [1.165, 1.54) is 37.7 Å². The number of benzene rings is 1. The molecular weight excluding hydrogens is 232 g/mol. The number of carbonyl (C=O) groups excluding carboxylic acids is 1. The van der Waals surface area contributed by atoms with Crippen LogP contribution >= 0.6 is 0 Å². The van der Waals surface area contributed by atoms with Crippen LogP contribution in [0.5, 0.6) is 0 Å². The van der Waals surface area contributed by atoms with E-state index < -0.39 is 0 Å². The molecule has 0 radical (unpaired) electrons. The van der Waals surface area contributed by atoms with Crippen molar-refractivity contribution in [2.24, 2.45) is 11.8 Å². The van der Waals surface area contributed by atoms with E-state index in [0.29, 0.717) is 5.78 Å². The second kappa shape index (κ2) is 5.48. The highest BCUT2D eigenvalue weighted by Gasteiger charge is 2.25. The second-order valence-electron chi connectivity index (χ2n) is 6.57. The summed E-state index contributed by atoms with van der Waals surface area (Å²) < 4.78 is 0. The Hall–Kier alpha value is -1.11. The third kappa shape index (κ3) is 2.75. The quantitative estimate of drug-likeness (QED) is 0.698. The first-order valence-corrected chi connectivity index (χ1v) is 7.88. The minimum absolute atomic E-state index is 0.283. The number of hydrogen-bond donors (Lipinski definition) is 0. The van der Waals surface area contributed by atoms with Gasteiger partial charge in [-0.1, -0.05) is 50.5 Å². The first-order chi connectivity index (χ1) is 9.24. The summed E-state index contributed by atoms with van der Waals surface area (Å²) in [6, 6.07) is 8.49. The molecule has 0 aliphatic heterocycles. The lowest BCUT2D eigenvalue weighted by Crippen LogP contribution is -2.21. The Morgan fingerprint density at radius 2 is 1.58 bits per heavy atom. The molecule has 0 spiro atoms. The third-order valence-electron chi connectivity index (χ3n) is 5.16. The van der Waals surface area contributed by atoms with Gasteiger partial charge in [-0.05, 0) is 43.1 Å². The van der Waals surface area contributed by atoms with Gasteiger partial charge in [0.15, 0.2) is 5.78 Å². The van der Waals surface area contributed by atoms with Gasteiger partial charge in [0.05, 0.1) is 0 Å². The van der Waals surface area contributed by atoms with E-state index >= 15 is 0 Å². The van der Waals surface area contributed by atoms with Gasteiger partial charge in [0, 0.05) is 11.5 Å². The molecule has 2 aliphatic carbocycles. The highest BCUT2D eigenvalue weighted by atomic mass is 16.1. The predicted molar refractivity (Wildman–Crippen MR) is 78.5 cm³/mol. The van der Waals surface area contributed by atoms with Crippen LogP contribution < -0.4 is 0 Å². The molecule has 0 unspecified atom stereocenters. The van der Waals surface area contributed by atoms with Crippen molar-refractivity contribution >= 4 is 5.78 Å². The van der Waals surface area contributed by atoms with Gasteiger partial charge < -0.3 is 0 Å². The van der Waals surface area contributed by atoms with E-state index in [9.17, 15) is 4.79 Å². The molecule has 1 aromatic carbocycles. The number of carbonyl (C=O) groups is 1. The first-order valence-electron chi connectivity index (χ1n) is 7.88. The zero-order chi connectivity index (χ0) is 13.2. The Balaban J connectivity index is 1.66. The van der Waals surface area contributed by atoms with Crippen LogP contribution in [0.4, 0.5) is 0 Å². The molecule has 0 saturated heterocycles. The van der Waals surface area contributed by atoms with Crippen molar-refractivity contribution in [3.8, 4) is 0 Å². The van der Waals surface area contributed by atoms with Crippen LogP contribution in [0, 0.1) is 11.8 Å². The zero-order valence-electron chi connectivity index (χ0n) is 11.9. The third-order valence-corrected chi connectivity index (χ3v) is 5.16. The van der Waals surface area contributed by atoms with Crippen LogP contribution in [0.3, 0.4) is 0 Å². The van der Waals surface area contributed by atoms with E-state index in [4.69, 9.17) is 0 Å². The molecule has 0 bridgehead atoms. The molecule has 0 aromatic heterocycles. The van der Waals surface area contributed by atoms with Crippen LogP contribution in [-0.2, 0) is 0 Å². The molecule has 2 aliphatic rings. The van der Waals surface area contributed by atoms with E-state index in [2.05, 4.69) is 31.2 Å². The zero-order valence-corrected chi connectivity index (χ0v) is 11.9. The molecule has 1 heteroatoms. The van der Waals surface area contributed by atoms with Crippen LogP contribution in [0.25, 0.3) is 0 Å². The summed E-state index contributed by atoms with van der Waals surface area (Å²) in [6.45, 7) is 2.30. The molecule has 3 rings (SSSR count). The lowest BCUT2D eigenvalue weighted by atomic mass is 9.78. The smallest absolute Gasteiger partial charge is 0.165 e. The minimum Gasteiger partial charge on any atom is -0.294 e. The lowest BCUT2D eigenvalue weighted by molar-refractivity contribution is 0.0875. The Bertz CT molecular complexity index is 433. The largest absolute Gasteiger partial charge is 0.294 e. The van der Waals surface area contributed by atoms with Gasteiger partial charge in [0.25, 0.3) is 0 Å². The van der Waals surface area contributed by atoms with Gasteiger partial charge in [-0.15, -0.1) is 0 Å². The van der Waals surface area contributed by atoms with Crippen LogP contribution in [0.15, 0.2) is 24.3 Å². The van der Waals surface area contributed by atoms with Crippen molar-refractivity contribution in [1.29, 1.82) is 0 Å². The fourth-order valence-electron chi connectivity index (χ4n) is 3.42. The highest BCUT2D eigenvalue weighted by molar-refractivity contribution is 5.97. The van der Waals surface area contributed by atoms with Crippen molar-refractivity contribution in [3.63, 3.8) is 0 Å². The molecular formula is C18H24O. The number of rotatable bonds is 3. The summed E-state index contributed by atoms with van der Waals surface area (Å²) in [5, 5.41) is 0. The van der Waals surface area contributed by atoms with Gasteiger partial charge in [0.2, 0.25) is 0 Å². The second-order valence-corrected chi connectivity index (χ2v) is 6.57. The topological polar surface area (TPSA) is 17.1 Å². The van der Waals surface area contributed by atoms with Crippen molar-refractivity contribution in [3.05, 3.63) is 35.4 Å². The molecule has 102 valence electrons. The van der Waals surface area contributed by atoms with Gasteiger partial charge >= 0.3 is 0 Å². The van der Waals surface area contributed by atoms with E-state index in [0.717, 1.165) is 30.2 Å². The first kappa shape index (κ1) is 12.9. The Morgan fingerprint density at radius 3 is 2.11 bits per heavy atom. The van der Waals surface area contributed by atoms with Crippen LogP contribution in [-0.4, -0.2) is 5.78 Å². The SMILES string of the molecule is CC1CCC(C(=O)c2ccc(C3CCC3)cc2)CC1. The van der Waals surface area contributed by atoms with E-state index in [1.807, 2.05) is 0 Å². The fraction of sp³-hybridized carbons (Fsp3) is 0.611. The van der Waals surface area contributed by atoms with Gasteiger partial charge in [-0.25, -0.2) is 0 Å². The minimum atomic E-state index is 0.283. The highest BCUT2D eigenvalue weighted by Crippen LogP contribution is 2.36. The molecule has 2 saturated carbocycles. The molecule has 0 heterocycles. The predicted octanol–water partition coefficient (Wildman–Crippen LogP) is 4.96. The summed E-state index contributed by atoms with van der Waals surface area (Å²) in [7, 11) is 0. The van der Waals surface area contributed by atoms with Crippen LogP contribution in [0.2, 0.25) is 0 Å². The average Bonchev–Trinajstić information content (AvgIpc) is 2.38. The summed E-state index contributed by atoms with van der Waals surface area (Å²) in [4.78, 5) is 12.5. The van der Waals surface area contributed by atoms with Crippen molar-refractivity contribution in [1.82, 2.24) is 0 Å². The van der Waals surface area contributed by atoms with Gasteiger partial charge in [-0.3, -0.25) is 4.79 Å². The summed E-state index contributed by atoms with van der Waals surface area (Å²) >= 11 is 0. The van der Waals surface area contributed by atoms with Crippen molar-refractivity contribution < 1.29 is 4.79 Å². The molecule has 19 heavy (non-hydrogen) atoms. The monoisotopic (exact) mass is 256 g/mol. The lowest BCUT2D eigenvalue weighted by Gasteiger charge is -2.27. The molecule has 1 nitrogen and oxygen atoms in total. The van der Waals surface area contributed by atoms with Crippen molar-refractivity contribution in [2.45, 2.75) is 57.8 Å². The Kier molecular flexibility index (Phi) is 3.72. The molecule has 0 atom stereocenters. The summed E-state index contributed by atoms with van der Waals surface area (Å²) in [5.41, 5.74) is 2.36. The normalized spacial score (nSPS) is 27.8. The molecule has 0 amide bonds. The number of ketones is 1. The molecule has 1 aromatic rings. The average molecular weight is 256 g/mol. The van der Waals surface area contributed by atoms with Crippen molar-refractivity contribution in [2.75, 3.05) is 0 Å². The summed E-state index contributed by atoms with van der Waals surface area (Å²) in [5.74, 6) is 2.24. The van der Waals surface area contributed by atoms with Gasteiger partial charge in [0.1, 0.15) is 0 Å². The maximum Gasteiger partial charge on any atom is 0.165 e. The molecule has 2 fully saturated rings. The fourth-order valence-corrected chi connectivity index (χ4v) is 3.42. The number of Topliss-reactive ketones (excluding diaryl/α,β-unsaturated/α-hetero) is 1. The van der Waals surface area contributed by atoms with E-state index in [1.54, 1.807) is 0 Å². The molecule has 0 N–H and O–H groups in total.